The number of anilines is 1. The van der Waals surface area contributed by atoms with E-state index in [9.17, 15) is 9.59 Å². The molecule has 6 heteroatoms. The first-order valence-corrected chi connectivity index (χ1v) is 5.92. The van der Waals surface area contributed by atoms with Gasteiger partial charge in [0.2, 0.25) is 5.91 Å². The quantitative estimate of drug-likeness (QED) is 0.821. The molecule has 1 rings (SSSR count). The lowest BCUT2D eigenvalue weighted by molar-refractivity contribution is -0.119. The van der Waals surface area contributed by atoms with Crippen molar-refractivity contribution < 1.29 is 9.59 Å². The van der Waals surface area contributed by atoms with Crippen molar-refractivity contribution in [2.75, 3.05) is 5.32 Å². The van der Waals surface area contributed by atoms with E-state index in [1.54, 1.807) is 0 Å². The zero-order valence-electron chi connectivity index (χ0n) is 9.32. The van der Waals surface area contributed by atoms with Crippen LogP contribution in [0.4, 0.5) is 5.13 Å². The highest BCUT2D eigenvalue weighted by molar-refractivity contribution is 7.17. The first-order valence-electron chi connectivity index (χ1n) is 5.11. The van der Waals surface area contributed by atoms with Gasteiger partial charge in [-0.2, -0.15) is 0 Å². The van der Waals surface area contributed by atoms with Gasteiger partial charge in [-0.3, -0.25) is 9.59 Å². The largest absolute Gasteiger partial charge is 0.365 e. The Morgan fingerprint density at radius 2 is 2.31 bits per heavy atom. The molecular weight excluding hydrogens is 226 g/mol. The molecule has 0 aromatic carbocycles. The molecule has 1 atom stereocenters. The number of hydrogen-bond acceptors (Lipinski definition) is 4. The number of thiazole rings is 1. The Hall–Kier alpha value is -1.43. The van der Waals surface area contributed by atoms with Gasteiger partial charge in [0.15, 0.2) is 5.13 Å². The molecule has 0 aliphatic carbocycles. The van der Waals surface area contributed by atoms with Crippen LogP contribution in [0.25, 0.3) is 0 Å². The molecule has 0 bridgehead atoms. The first-order chi connectivity index (χ1) is 7.54. The van der Waals surface area contributed by atoms with Gasteiger partial charge in [-0.1, -0.05) is 31.6 Å². The predicted octanol–water partition coefficient (Wildman–Crippen LogP) is 1.62. The average Bonchev–Trinajstić information content (AvgIpc) is 2.66. The predicted molar refractivity (Wildman–Crippen MR) is 63.3 cm³/mol. The first kappa shape index (κ1) is 12.6. The van der Waals surface area contributed by atoms with E-state index in [1.165, 1.54) is 6.20 Å². The second kappa shape index (κ2) is 5.60. The van der Waals surface area contributed by atoms with Crippen LogP contribution in [0.15, 0.2) is 6.20 Å². The van der Waals surface area contributed by atoms with Gasteiger partial charge in [0.25, 0.3) is 5.91 Å². The molecule has 1 heterocycles. The van der Waals surface area contributed by atoms with Crippen molar-refractivity contribution in [3.63, 3.8) is 0 Å². The van der Waals surface area contributed by atoms with Gasteiger partial charge in [0, 0.05) is 5.92 Å². The number of carbonyl (C=O) groups is 2. The van der Waals surface area contributed by atoms with Crippen molar-refractivity contribution in [1.82, 2.24) is 4.98 Å². The van der Waals surface area contributed by atoms with Crippen LogP contribution in [0.2, 0.25) is 0 Å². The summed E-state index contributed by atoms with van der Waals surface area (Å²) in [6.07, 6.45) is 3.16. The summed E-state index contributed by atoms with van der Waals surface area (Å²) >= 11 is 1.09. The molecular formula is C10H15N3O2S. The van der Waals surface area contributed by atoms with Crippen molar-refractivity contribution in [3.8, 4) is 0 Å². The third-order valence-electron chi connectivity index (χ3n) is 2.15. The van der Waals surface area contributed by atoms with Crippen LogP contribution in [0, 0.1) is 5.92 Å². The number of amides is 2. The summed E-state index contributed by atoms with van der Waals surface area (Å²) in [6, 6.07) is 0. The highest BCUT2D eigenvalue weighted by atomic mass is 32.1. The zero-order valence-corrected chi connectivity index (χ0v) is 10.1. The minimum absolute atomic E-state index is 0.0501. The van der Waals surface area contributed by atoms with E-state index in [0.29, 0.717) is 10.0 Å². The minimum Gasteiger partial charge on any atom is -0.365 e. The lowest BCUT2D eigenvalue weighted by atomic mass is 10.1. The number of carbonyl (C=O) groups excluding carboxylic acids is 2. The van der Waals surface area contributed by atoms with Crippen LogP contribution in [0.5, 0.6) is 0 Å². The molecule has 0 radical (unpaired) electrons. The Morgan fingerprint density at radius 1 is 1.62 bits per heavy atom. The van der Waals surface area contributed by atoms with Crippen molar-refractivity contribution >= 4 is 28.3 Å². The highest BCUT2D eigenvalue weighted by Gasteiger charge is 2.14. The van der Waals surface area contributed by atoms with Gasteiger partial charge >= 0.3 is 0 Å². The maximum absolute atomic E-state index is 11.6. The van der Waals surface area contributed by atoms with Gasteiger partial charge in [-0.25, -0.2) is 4.98 Å². The number of nitrogens with two attached hydrogens (primary N) is 1. The molecule has 0 saturated carbocycles. The molecule has 16 heavy (non-hydrogen) atoms. The van der Waals surface area contributed by atoms with Gasteiger partial charge < -0.3 is 11.1 Å². The molecule has 1 unspecified atom stereocenters. The summed E-state index contributed by atoms with van der Waals surface area (Å²) in [6.45, 7) is 3.89. The maximum Gasteiger partial charge on any atom is 0.260 e. The normalized spacial score (nSPS) is 12.1. The summed E-state index contributed by atoms with van der Waals surface area (Å²) in [7, 11) is 0. The van der Waals surface area contributed by atoms with E-state index < -0.39 is 5.91 Å². The fraction of sp³-hybridized carbons (Fsp3) is 0.500. The van der Waals surface area contributed by atoms with Crippen LogP contribution in [0.1, 0.15) is 36.4 Å². The van der Waals surface area contributed by atoms with Gasteiger partial charge in [-0.05, 0) is 6.42 Å². The fourth-order valence-electron chi connectivity index (χ4n) is 1.24. The van der Waals surface area contributed by atoms with Crippen molar-refractivity contribution in [2.45, 2.75) is 26.7 Å². The molecule has 0 spiro atoms. The maximum atomic E-state index is 11.6. The number of aromatic nitrogens is 1. The smallest absolute Gasteiger partial charge is 0.260 e. The molecule has 1 aromatic rings. The van der Waals surface area contributed by atoms with Crippen LogP contribution in [-0.2, 0) is 4.79 Å². The van der Waals surface area contributed by atoms with Crippen LogP contribution in [0.3, 0.4) is 0 Å². The molecule has 0 aliphatic rings. The van der Waals surface area contributed by atoms with Crippen molar-refractivity contribution in [2.24, 2.45) is 11.7 Å². The molecule has 0 aliphatic heterocycles. The number of nitrogens with zero attached hydrogens (tertiary/aromatic N) is 1. The lowest BCUT2D eigenvalue weighted by Gasteiger charge is -2.08. The zero-order chi connectivity index (χ0) is 12.1. The molecule has 2 amide bonds. The standard InChI is InChI=1S/C10H15N3O2S/c1-3-4-6(2)9(15)13-10-12-5-7(16-10)8(11)14/h5-6H,3-4H2,1-2H3,(H2,11,14)(H,12,13,15). The van der Waals surface area contributed by atoms with Gasteiger partial charge in [-0.15, -0.1) is 0 Å². The van der Waals surface area contributed by atoms with Crippen LogP contribution in [-0.4, -0.2) is 16.8 Å². The summed E-state index contributed by atoms with van der Waals surface area (Å²) in [5.74, 6) is -0.655. The van der Waals surface area contributed by atoms with Crippen LogP contribution >= 0.6 is 11.3 Å². The Kier molecular flexibility index (Phi) is 4.42. The van der Waals surface area contributed by atoms with Crippen molar-refractivity contribution in [1.29, 1.82) is 0 Å². The number of nitrogens with one attached hydrogen (secondary N) is 1. The summed E-state index contributed by atoms with van der Waals surface area (Å²) in [5, 5.41) is 3.08. The highest BCUT2D eigenvalue weighted by Crippen LogP contribution is 2.18. The second-order valence-electron chi connectivity index (χ2n) is 3.57. The van der Waals surface area contributed by atoms with E-state index in [0.717, 1.165) is 24.2 Å². The summed E-state index contributed by atoms with van der Waals surface area (Å²) < 4.78 is 0. The van der Waals surface area contributed by atoms with Gasteiger partial charge in [0.05, 0.1) is 6.20 Å². The summed E-state index contributed by atoms with van der Waals surface area (Å²) in [5.41, 5.74) is 5.08. The third kappa shape index (κ3) is 3.30. The second-order valence-corrected chi connectivity index (χ2v) is 4.60. The Morgan fingerprint density at radius 3 is 2.81 bits per heavy atom. The van der Waals surface area contributed by atoms with Crippen molar-refractivity contribution in [3.05, 3.63) is 11.1 Å². The Labute approximate surface area is 98.1 Å². The van der Waals surface area contributed by atoms with E-state index in [2.05, 4.69) is 10.3 Å². The van der Waals surface area contributed by atoms with E-state index in [4.69, 9.17) is 5.73 Å². The van der Waals surface area contributed by atoms with Gasteiger partial charge in [0.1, 0.15) is 4.88 Å². The van der Waals surface area contributed by atoms with E-state index in [-0.39, 0.29) is 11.8 Å². The SMILES string of the molecule is CCCC(C)C(=O)Nc1ncc(C(N)=O)s1. The van der Waals surface area contributed by atoms with E-state index in [1.807, 2.05) is 13.8 Å². The summed E-state index contributed by atoms with van der Waals surface area (Å²) in [4.78, 5) is 26.7. The lowest BCUT2D eigenvalue weighted by Crippen LogP contribution is -2.19. The molecule has 0 saturated heterocycles. The number of hydrogen-bond donors (Lipinski definition) is 2. The number of rotatable bonds is 5. The average molecular weight is 241 g/mol. The topological polar surface area (TPSA) is 85.1 Å². The van der Waals surface area contributed by atoms with Crippen LogP contribution < -0.4 is 11.1 Å². The van der Waals surface area contributed by atoms with E-state index >= 15 is 0 Å². The Balaban J connectivity index is 2.59. The fourth-order valence-corrected chi connectivity index (χ4v) is 1.91. The molecule has 88 valence electrons. The monoisotopic (exact) mass is 241 g/mol. The Bertz CT molecular complexity index is 389. The molecule has 3 N–H and O–H groups in total. The number of primary amides is 1. The minimum atomic E-state index is -0.528. The molecule has 0 fully saturated rings. The molecule has 1 aromatic heterocycles. The molecule has 5 nitrogen and oxygen atoms in total. The third-order valence-corrected chi connectivity index (χ3v) is 3.08.